The van der Waals surface area contributed by atoms with E-state index in [1.165, 1.54) is 15.8 Å². The Balaban J connectivity index is 0.000000168. The number of thiazole rings is 2. The summed E-state index contributed by atoms with van der Waals surface area (Å²) in [4.78, 5) is 23.1. The van der Waals surface area contributed by atoms with E-state index >= 15 is 0 Å². The van der Waals surface area contributed by atoms with E-state index in [0.29, 0.717) is 13.1 Å². The Morgan fingerprint density at radius 2 is 1.51 bits per heavy atom. The standard InChI is InChI=1S/C17H19ClN2O2S.C12H11ClN2S/c1-17(2,3)22-16(21)20-8-6-11(7-9-20)15-19-13-5-4-12(18)10-14(13)23-15;13-9-1-2-10-11(7-9)16-12(15-10)8-3-5-14-6-4-8/h4-6,10H,7-9H2,1-3H3;1-3,7,14H,4-6H2. The minimum absolute atomic E-state index is 0.260. The van der Waals surface area contributed by atoms with E-state index in [0.717, 1.165) is 61.7 Å². The van der Waals surface area contributed by atoms with Gasteiger partial charge in [0, 0.05) is 29.7 Å². The van der Waals surface area contributed by atoms with Gasteiger partial charge in [-0.1, -0.05) is 35.4 Å². The van der Waals surface area contributed by atoms with Crippen LogP contribution in [-0.2, 0) is 4.74 Å². The molecule has 39 heavy (non-hydrogen) atoms. The van der Waals surface area contributed by atoms with Gasteiger partial charge in [0.1, 0.15) is 15.6 Å². The first kappa shape index (κ1) is 28.1. The summed E-state index contributed by atoms with van der Waals surface area (Å²) in [5.74, 6) is 0. The fraction of sp³-hybridized carbons (Fsp3) is 0.345. The van der Waals surface area contributed by atoms with E-state index < -0.39 is 5.60 Å². The number of nitrogens with zero attached hydrogens (tertiary/aromatic N) is 3. The number of rotatable bonds is 2. The number of ether oxygens (including phenoxy) is 1. The van der Waals surface area contributed by atoms with Gasteiger partial charge in [0.05, 0.1) is 20.4 Å². The van der Waals surface area contributed by atoms with Gasteiger partial charge in [0.15, 0.2) is 0 Å². The van der Waals surface area contributed by atoms with Crippen LogP contribution in [0.4, 0.5) is 4.79 Å². The van der Waals surface area contributed by atoms with Crippen molar-refractivity contribution < 1.29 is 9.53 Å². The lowest BCUT2D eigenvalue weighted by molar-refractivity contribution is 0.0270. The van der Waals surface area contributed by atoms with Crippen LogP contribution in [0.25, 0.3) is 31.6 Å². The summed E-state index contributed by atoms with van der Waals surface area (Å²) in [6.07, 6.45) is 5.87. The van der Waals surface area contributed by atoms with Crippen molar-refractivity contribution >= 4 is 83.5 Å². The fourth-order valence-corrected chi connectivity index (χ4v) is 6.86. The molecule has 0 fully saturated rings. The Kier molecular flexibility index (Phi) is 8.59. The van der Waals surface area contributed by atoms with Crippen LogP contribution in [0.1, 0.15) is 43.6 Å². The van der Waals surface area contributed by atoms with Crippen LogP contribution in [0.15, 0.2) is 48.6 Å². The Labute approximate surface area is 246 Å². The second kappa shape index (κ2) is 11.9. The number of benzene rings is 2. The predicted molar refractivity (Wildman–Crippen MR) is 165 cm³/mol. The van der Waals surface area contributed by atoms with E-state index in [4.69, 9.17) is 27.9 Å². The fourth-order valence-electron chi connectivity index (χ4n) is 4.24. The zero-order chi connectivity index (χ0) is 27.6. The normalized spacial score (nSPS) is 16.0. The lowest BCUT2D eigenvalue weighted by atomic mass is 10.1. The average molecular weight is 602 g/mol. The number of halogens is 2. The van der Waals surface area contributed by atoms with Crippen LogP contribution < -0.4 is 5.32 Å². The molecule has 0 saturated heterocycles. The highest BCUT2D eigenvalue weighted by Gasteiger charge is 2.24. The van der Waals surface area contributed by atoms with Crippen molar-refractivity contribution in [3.8, 4) is 0 Å². The Hall–Kier alpha value is -2.49. The molecule has 0 aliphatic carbocycles. The highest BCUT2D eigenvalue weighted by Crippen LogP contribution is 2.33. The van der Waals surface area contributed by atoms with Gasteiger partial charge in [-0.05, 0) is 87.7 Å². The van der Waals surface area contributed by atoms with Crippen molar-refractivity contribution in [1.29, 1.82) is 0 Å². The van der Waals surface area contributed by atoms with Gasteiger partial charge < -0.3 is 15.0 Å². The van der Waals surface area contributed by atoms with E-state index in [1.54, 1.807) is 27.6 Å². The van der Waals surface area contributed by atoms with Crippen molar-refractivity contribution in [2.24, 2.45) is 0 Å². The predicted octanol–water partition coefficient (Wildman–Crippen LogP) is 8.30. The van der Waals surface area contributed by atoms with Crippen molar-refractivity contribution in [2.45, 2.75) is 39.2 Å². The largest absolute Gasteiger partial charge is 0.444 e. The third-order valence-corrected chi connectivity index (χ3v) is 8.83. The minimum Gasteiger partial charge on any atom is -0.444 e. The number of carbonyl (C=O) groups excluding carboxylic acids is 1. The van der Waals surface area contributed by atoms with Crippen LogP contribution in [-0.4, -0.2) is 52.7 Å². The molecular formula is C29H30Cl2N4O2S2. The first-order valence-corrected chi connectivity index (χ1v) is 15.2. The van der Waals surface area contributed by atoms with Gasteiger partial charge in [-0.25, -0.2) is 14.8 Å². The Morgan fingerprint density at radius 1 is 0.923 bits per heavy atom. The first-order valence-electron chi connectivity index (χ1n) is 12.8. The second-order valence-corrected chi connectivity index (χ2v) is 13.3. The summed E-state index contributed by atoms with van der Waals surface area (Å²) < 4.78 is 7.66. The number of nitrogens with one attached hydrogen (secondary N) is 1. The zero-order valence-electron chi connectivity index (χ0n) is 22.1. The summed E-state index contributed by atoms with van der Waals surface area (Å²) in [5, 5.41) is 6.95. The summed E-state index contributed by atoms with van der Waals surface area (Å²) in [5.41, 5.74) is 4.08. The van der Waals surface area contributed by atoms with Crippen molar-refractivity contribution in [3.05, 3.63) is 68.6 Å². The maximum absolute atomic E-state index is 12.1. The summed E-state index contributed by atoms with van der Waals surface area (Å²) in [6, 6.07) is 11.6. The van der Waals surface area contributed by atoms with Crippen LogP contribution in [0, 0.1) is 0 Å². The van der Waals surface area contributed by atoms with Gasteiger partial charge in [-0.2, -0.15) is 0 Å². The molecule has 2 aliphatic rings. The number of hydrogen-bond acceptors (Lipinski definition) is 7. The number of fused-ring (bicyclic) bond motifs is 2. The van der Waals surface area contributed by atoms with Crippen molar-refractivity contribution in [3.63, 3.8) is 0 Å². The molecule has 0 spiro atoms. The summed E-state index contributed by atoms with van der Waals surface area (Å²) >= 11 is 15.4. The minimum atomic E-state index is -0.465. The van der Waals surface area contributed by atoms with Gasteiger partial charge >= 0.3 is 6.09 Å². The lowest BCUT2D eigenvalue weighted by Crippen LogP contribution is -2.39. The molecule has 0 atom stereocenters. The molecular weight excluding hydrogens is 571 g/mol. The second-order valence-electron chi connectivity index (χ2n) is 10.4. The van der Waals surface area contributed by atoms with Gasteiger partial charge in [0.2, 0.25) is 0 Å². The number of amides is 1. The molecule has 1 N–H and O–H groups in total. The highest BCUT2D eigenvalue weighted by molar-refractivity contribution is 7.19. The Morgan fingerprint density at radius 3 is 2.00 bits per heavy atom. The number of aromatic nitrogens is 2. The van der Waals surface area contributed by atoms with Crippen LogP contribution in [0.2, 0.25) is 10.0 Å². The SMILES string of the molecule is CC(C)(C)OC(=O)N1CC=C(c2nc3ccc(Cl)cc3s2)CC1.Clc1ccc2nc(C3=CCNCC3)sc2c1. The third-order valence-electron chi connectivity index (χ3n) is 6.18. The molecule has 4 aromatic rings. The van der Waals surface area contributed by atoms with Crippen molar-refractivity contribution in [2.75, 3.05) is 26.2 Å². The van der Waals surface area contributed by atoms with Crippen LogP contribution in [0.5, 0.6) is 0 Å². The maximum atomic E-state index is 12.1. The van der Waals surface area contributed by atoms with E-state index in [-0.39, 0.29) is 6.09 Å². The molecule has 0 saturated carbocycles. The monoisotopic (exact) mass is 600 g/mol. The molecule has 1 amide bonds. The molecule has 6 nitrogen and oxygen atoms in total. The van der Waals surface area contributed by atoms with Crippen LogP contribution >= 0.6 is 45.9 Å². The molecule has 2 aliphatic heterocycles. The maximum Gasteiger partial charge on any atom is 0.410 e. The van der Waals surface area contributed by atoms with E-state index in [2.05, 4.69) is 27.4 Å². The molecule has 204 valence electrons. The molecule has 0 radical (unpaired) electrons. The van der Waals surface area contributed by atoms with E-state index in [9.17, 15) is 4.79 Å². The number of carbonyl (C=O) groups is 1. The topological polar surface area (TPSA) is 67.3 Å². The Bertz CT molecular complexity index is 1570. The lowest BCUT2D eigenvalue weighted by Gasteiger charge is -2.29. The average Bonchev–Trinajstić information content (AvgIpc) is 3.52. The molecule has 2 aromatic carbocycles. The van der Waals surface area contributed by atoms with Crippen LogP contribution in [0.3, 0.4) is 0 Å². The third kappa shape index (κ3) is 7.18. The van der Waals surface area contributed by atoms with Gasteiger partial charge in [0.25, 0.3) is 0 Å². The quantitative estimate of drug-likeness (QED) is 0.250. The molecule has 10 heteroatoms. The summed E-state index contributed by atoms with van der Waals surface area (Å²) in [7, 11) is 0. The number of hydrogen-bond donors (Lipinski definition) is 1. The van der Waals surface area contributed by atoms with E-state index in [1.807, 2.05) is 57.2 Å². The zero-order valence-corrected chi connectivity index (χ0v) is 25.2. The molecule has 0 bridgehead atoms. The smallest absolute Gasteiger partial charge is 0.410 e. The summed E-state index contributed by atoms with van der Waals surface area (Å²) in [6.45, 7) is 8.83. The highest BCUT2D eigenvalue weighted by atomic mass is 35.5. The molecule has 2 aromatic heterocycles. The molecule has 6 rings (SSSR count). The first-order chi connectivity index (χ1) is 18.6. The van der Waals surface area contributed by atoms with Crippen molar-refractivity contribution in [1.82, 2.24) is 20.2 Å². The van der Waals surface area contributed by atoms with Gasteiger partial charge in [-0.15, -0.1) is 22.7 Å². The molecule has 4 heterocycles. The van der Waals surface area contributed by atoms with Gasteiger partial charge in [-0.3, -0.25) is 0 Å². The molecule has 0 unspecified atom stereocenters.